The highest BCUT2D eigenvalue weighted by Gasteiger charge is 2.17. The predicted octanol–water partition coefficient (Wildman–Crippen LogP) is 2.39. The zero-order valence-corrected chi connectivity index (χ0v) is 8.82. The molecule has 1 aliphatic heterocycles. The summed E-state index contributed by atoms with van der Waals surface area (Å²) in [5.41, 5.74) is 1.46. The Hall–Kier alpha value is -0.820. The Balaban J connectivity index is 1.91. The van der Waals surface area contributed by atoms with Gasteiger partial charge >= 0.3 is 0 Å². The van der Waals surface area contributed by atoms with E-state index >= 15 is 0 Å². The molecule has 0 aliphatic carbocycles. The lowest BCUT2D eigenvalue weighted by Crippen LogP contribution is -2.33. The number of benzene rings is 1. The minimum atomic E-state index is 0.746. The Morgan fingerprint density at radius 1 is 1.29 bits per heavy atom. The quantitative estimate of drug-likeness (QED) is 0.689. The fourth-order valence-corrected chi connectivity index (χ4v) is 2.16. The topological polar surface area (TPSA) is 3.24 Å². The maximum atomic E-state index is 2.48. The molecule has 2 rings (SSSR count). The van der Waals surface area contributed by atoms with Crippen LogP contribution in [0.2, 0.25) is 0 Å². The molecule has 0 bridgehead atoms. The Kier molecular flexibility index (Phi) is 3.20. The number of hydrogen-bond donors (Lipinski definition) is 0. The second-order valence-electron chi connectivity index (χ2n) is 4.24. The highest BCUT2D eigenvalue weighted by atomic mass is 15.1. The number of nitrogens with zero attached hydrogens (tertiary/aromatic N) is 1. The van der Waals surface area contributed by atoms with Crippen LogP contribution in [0.25, 0.3) is 0 Å². The summed E-state index contributed by atoms with van der Waals surface area (Å²) in [5, 5.41) is 0. The van der Waals surface area contributed by atoms with Crippen molar-refractivity contribution in [1.82, 2.24) is 4.90 Å². The number of hydrogen-bond acceptors (Lipinski definition) is 1. The van der Waals surface area contributed by atoms with Crippen molar-refractivity contribution in [2.75, 3.05) is 20.1 Å². The van der Waals surface area contributed by atoms with Crippen LogP contribution in [0.4, 0.5) is 0 Å². The van der Waals surface area contributed by atoms with Crippen molar-refractivity contribution < 1.29 is 0 Å². The molecule has 1 heteroatoms. The number of piperidine rings is 1. The van der Waals surface area contributed by atoms with Gasteiger partial charge in [-0.15, -0.1) is 0 Å². The zero-order valence-electron chi connectivity index (χ0n) is 8.82. The summed E-state index contributed by atoms with van der Waals surface area (Å²) in [6.07, 6.45) is 4.92. The largest absolute Gasteiger partial charge is 0.306 e. The van der Waals surface area contributed by atoms with Gasteiger partial charge in [-0.05, 0) is 44.3 Å². The second kappa shape index (κ2) is 4.61. The van der Waals surface area contributed by atoms with Crippen molar-refractivity contribution in [3.05, 3.63) is 42.3 Å². The van der Waals surface area contributed by atoms with Gasteiger partial charge < -0.3 is 4.90 Å². The molecule has 0 unspecified atom stereocenters. The van der Waals surface area contributed by atoms with Gasteiger partial charge in [0.25, 0.3) is 0 Å². The van der Waals surface area contributed by atoms with E-state index in [1.165, 1.54) is 31.5 Å². The van der Waals surface area contributed by atoms with Crippen molar-refractivity contribution in [1.29, 1.82) is 0 Å². The van der Waals surface area contributed by atoms with Crippen LogP contribution in [0.5, 0.6) is 0 Å². The zero-order chi connectivity index (χ0) is 9.80. The van der Waals surface area contributed by atoms with E-state index in [0.717, 1.165) is 5.92 Å². The van der Waals surface area contributed by atoms with Gasteiger partial charge in [-0.25, -0.2) is 0 Å². The Morgan fingerprint density at radius 2 is 2.07 bits per heavy atom. The summed E-state index contributed by atoms with van der Waals surface area (Å²) >= 11 is 0. The molecule has 1 atom stereocenters. The van der Waals surface area contributed by atoms with E-state index in [0.29, 0.717) is 0 Å². The molecule has 1 saturated heterocycles. The van der Waals surface area contributed by atoms with Crippen LogP contribution in [0.1, 0.15) is 12.0 Å². The Labute approximate surface area is 86.7 Å². The van der Waals surface area contributed by atoms with Gasteiger partial charge in [-0.1, -0.05) is 30.3 Å². The normalized spacial score (nSPS) is 23.6. The molecule has 1 nitrogen and oxygen atoms in total. The molecule has 14 heavy (non-hydrogen) atoms. The summed E-state index contributed by atoms with van der Waals surface area (Å²) < 4.78 is 0. The van der Waals surface area contributed by atoms with Gasteiger partial charge in [0.15, 0.2) is 0 Å². The first-order valence-corrected chi connectivity index (χ1v) is 5.40. The lowest BCUT2D eigenvalue weighted by atomic mass is 9.92. The summed E-state index contributed by atoms with van der Waals surface area (Å²) in [5.74, 6) is 0.746. The van der Waals surface area contributed by atoms with Crippen LogP contribution in [0, 0.1) is 12.3 Å². The third-order valence-electron chi connectivity index (χ3n) is 2.90. The maximum absolute atomic E-state index is 2.48. The van der Waals surface area contributed by atoms with Crippen LogP contribution in [-0.2, 0) is 6.42 Å². The summed E-state index contributed by atoms with van der Waals surface area (Å²) in [4.78, 5) is 2.42. The van der Waals surface area contributed by atoms with E-state index in [1.54, 1.807) is 0 Å². The van der Waals surface area contributed by atoms with Gasteiger partial charge in [0.2, 0.25) is 0 Å². The molecule has 0 spiro atoms. The fraction of sp³-hybridized carbons (Fsp3) is 0.462. The standard InChI is InChI=1S/C13H18N/c1-14-9-5-8-13(11-14)10-12-6-3-2-4-7-12/h2-4,6-8,13H,5,9-11H2,1H3/t13-/m1/s1. The lowest BCUT2D eigenvalue weighted by Gasteiger charge is -2.29. The van der Waals surface area contributed by atoms with Crippen LogP contribution >= 0.6 is 0 Å². The molecule has 0 N–H and O–H groups in total. The first-order chi connectivity index (χ1) is 6.84. The summed E-state index contributed by atoms with van der Waals surface area (Å²) in [6, 6.07) is 10.8. The smallest absolute Gasteiger partial charge is 0.00126 e. The molecule has 1 aromatic rings. The van der Waals surface area contributed by atoms with E-state index in [9.17, 15) is 0 Å². The molecule has 1 heterocycles. The number of rotatable bonds is 2. The maximum Gasteiger partial charge on any atom is 0.00126 e. The molecule has 0 amide bonds. The molecule has 1 fully saturated rings. The van der Waals surface area contributed by atoms with Gasteiger partial charge in [0, 0.05) is 6.54 Å². The Morgan fingerprint density at radius 3 is 2.79 bits per heavy atom. The van der Waals surface area contributed by atoms with E-state index in [-0.39, 0.29) is 0 Å². The van der Waals surface area contributed by atoms with Crippen LogP contribution < -0.4 is 0 Å². The van der Waals surface area contributed by atoms with E-state index in [4.69, 9.17) is 0 Å². The SMILES string of the molecule is CN1CC[CH][C@H](Cc2ccccc2)C1. The van der Waals surface area contributed by atoms with E-state index in [2.05, 4.69) is 48.7 Å². The first-order valence-electron chi connectivity index (χ1n) is 5.40. The Bertz CT molecular complexity index is 268. The highest BCUT2D eigenvalue weighted by molar-refractivity contribution is 5.16. The van der Waals surface area contributed by atoms with Gasteiger partial charge in [-0.2, -0.15) is 0 Å². The molecular weight excluding hydrogens is 170 g/mol. The minimum absolute atomic E-state index is 0.746. The van der Waals surface area contributed by atoms with Crippen molar-refractivity contribution in [2.45, 2.75) is 12.8 Å². The van der Waals surface area contributed by atoms with Crippen molar-refractivity contribution >= 4 is 0 Å². The van der Waals surface area contributed by atoms with Gasteiger partial charge in [0.1, 0.15) is 0 Å². The monoisotopic (exact) mass is 188 g/mol. The lowest BCUT2D eigenvalue weighted by molar-refractivity contribution is 0.253. The fourth-order valence-electron chi connectivity index (χ4n) is 2.16. The minimum Gasteiger partial charge on any atom is -0.306 e. The molecular formula is C13H18N. The third kappa shape index (κ3) is 2.58. The van der Waals surface area contributed by atoms with E-state index in [1.807, 2.05) is 0 Å². The van der Waals surface area contributed by atoms with Gasteiger partial charge in [0.05, 0.1) is 0 Å². The molecule has 0 aromatic heterocycles. The summed E-state index contributed by atoms with van der Waals surface area (Å²) in [7, 11) is 2.21. The van der Waals surface area contributed by atoms with Crippen LogP contribution in [0.3, 0.4) is 0 Å². The van der Waals surface area contributed by atoms with E-state index < -0.39 is 0 Å². The third-order valence-corrected chi connectivity index (χ3v) is 2.90. The molecule has 1 radical (unpaired) electrons. The first kappa shape index (κ1) is 9.72. The molecule has 1 aromatic carbocycles. The second-order valence-corrected chi connectivity index (χ2v) is 4.24. The number of likely N-dealkylation sites (tertiary alicyclic amines) is 1. The molecule has 0 saturated carbocycles. The van der Waals surface area contributed by atoms with Crippen molar-refractivity contribution in [3.8, 4) is 0 Å². The van der Waals surface area contributed by atoms with Crippen LogP contribution in [-0.4, -0.2) is 25.0 Å². The van der Waals surface area contributed by atoms with Gasteiger partial charge in [-0.3, -0.25) is 0 Å². The molecule has 75 valence electrons. The van der Waals surface area contributed by atoms with Crippen molar-refractivity contribution in [3.63, 3.8) is 0 Å². The summed E-state index contributed by atoms with van der Waals surface area (Å²) in [6.45, 7) is 2.44. The highest BCUT2D eigenvalue weighted by Crippen LogP contribution is 2.18. The van der Waals surface area contributed by atoms with Crippen LogP contribution in [0.15, 0.2) is 30.3 Å². The van der Waals surface area contributed by atoms with Crippen molar-refractivity contribution in [2.24, 2.45) is 5.92 Å². The predicted molar refractivity (Wildman–Crippen MR) is 60.1 cm³/mol. The average Bonchev–Trinajstić information content (AvgIpc) is 2.19. The average molecular weight is 188 g/mol. The molecule has 1 aliphatic rings.